The quantitative estimate of drug-likeness (QED) is 0.569. The van der Waals surface area contributed by atoms with Crippen LogP contribution in [0.3, 0.4) is 0 Å². The van der Waals surface area contributed by atoms with Gasteiger partial charge in [0, 0.05) is 11.9 Å². The second-order valence-electron chi connectivity index (χ2n) is 7.82. The lowest BCUT2D eigenvalue weighted by molar-refractivity contribution is -0.141. The fourth-order valence-electron chi connectivity index (χ4n) is 2.71. The van der Waals surface area contributed by atoms with E-state index < -0.39 is 47.9 Å². The Labute approximate surface area is 169 Å². The number of alkyl halides is 6. The third kappa shape index (κ3) is 4.54. The van der Waals surface area contributed by atoms with Crippen molar-refractivity contribution in [2.75, 3.05) is 5.32 Å². The molecule has 1 fully saturated rings. The maximum absolute atomic E-state index is 13.4. The molecule has 5 nitrogen and oxygen atoms in total. The van der Waals surface area contributed by atoms with Crippen LogP contribution in [0.25, 0.3) is 0 Å². The maximum Gasteiger partial charge on any atom is 0.494 e. The zero-order valence-corrected chi connectivity index (χ0v) is 16.4. The molecule has 0 aliphatic carbocycles. The highest BCUT2D eigenvalue weighted by Gasteiger charge is 2.52. The van der Waals surface area contributed by atoms with Crippen LogP contribution in [0.1, 0.15) is 39.0 Å². The van der Waals surface area contributed by atoms with Crippen LogP contribution in [0.5, 0.6) is 0 Å². The molecule has 0 spiro atoms. The Balaban J connectivity index is 1.99. The normalized spacial score (nSPS) is 18.5. The summed E-state index contributed by atoms with van der Waals surface area (Å²) in [5, 5.41) is 2.40. The van der Waals surface area contributed by atoms with E-state index in [2.05, 4.69) is 15.3 Å². The minimum absolute atomic E-state index is 0.0537. The number of hydrogen-bond donors (Lipinski definition) is 1. The standard InChI is InChI=1S/C18H18BF6N3O2/c1-15(2)16(3,4)30-19(29-15)11-7-10(17(20,21)22)8-12(9-11)27-14-26-6-5-13(28-14)18(23,24)25/h5-9H,1-4H3,(H,26,27,28). The maximum atomic E-state index is 13.4. The summed E-state index contributed by atoms with van der Waals surface area (Å²) in [6.07, 6.45) is -8.56. The van der Waals surface area contributed by atoms with E-state index in [4.69, 9.17) is 9.31 Å². The van der Waals surface area contributed by atoms with Crippen molar-refractivity contribution < 1.29 is 35.7 Å². The molecule has 12 heteroatoms. The monoisotopic (exact) mass is 433 g/mol. The molecule has 0 saturated carbocycles. The van der Waals surface area contributed by atoms with Crippen LogP contribution in [0.2, 0.25) is 0 Å². The fourth-order valence-corrected chi connectivity index (χ4v) is 2.71. The third-order valence-corrected chi connectivity index (χ3v) is 5.01. The lowest BCUT2D eigenvalue weighted by Gasteiger charge is -2.32. The number of nitrogens with one attached hydrogen (secondary N) is 1. The summed E-state index contributed by atoms with van der Waals surface area (Å²) in [6, 6.07) is 3.58. The van der Waals surface area contributed by atoms with Crippen LogP contribution >= 0.6 is 0 Å². The molecule has 1 aliphatic heterocycles. The van der Waals surface area contributed by atoms with Crippen LogP contribution < -0.4 is 10.8 Å². The van der Waals surface area contributed by atoms with Crippen LogP contribution in [-0.2, 0) is 21.7 Å². The van der Waals surface area contributed by atoms with E-state index in [1.807, 2.05) is 0 Å². The zero-order chi connectivity index (χ0) is 22.5. The SMILES string of the molecule is CC1(C)OB(c2cc(Nc3nccc(C(F)(F)F)n3)cc(C(F)(F)F)c2)OC1(C)C. The molecule has 0 unspecified atom stereocenters. The van der Waals surface area contributed by atoms with Crippen molar-refractivity contribution in [2.45, 2.75) is 51.2 Å². The molecule has 1 aromatic carbocycles. The zero-order valence-electron chi connectivity index (χ0n) is 16.4. The highest BCUT2D eigenvalue weighted by Crippen LogP contribution is 2.38. The molecule has 3 rings (SSSR count). The molecule has 30 heavy (non-hydrogen) atoms. The van der Waals surface area contributed by atoms with Gasteiger partial charge in [-0.1, -0.05) is 6.07 Å². The molecule has 0 amide bonds. The van der Waals surface area contributed by atoms with Gasteiger partial charge in [-0.25, -0.2) is 9.97 Å². The Morgan fingerprint density at radius 3 is 2.03 bits per heavy atom. The molecular formula is C18H18BF6N3O2. The second kappa shape index (κ2) is 7.12. The van der Waals surface area contributed by atoms with Crippen molar-refractivity contribution in [3.8, 4) is 0 Å². The lowest BCUT2D eigenvalue weighted by Crippen LogP contribution is -2.41. The Bertz CT molecular complexity index is 930. The number of aromatic nitrogens is 2. The van der Waals surface area contributed by atoms with Gasteiger partial charge in [-0.3, -0.25) is 0 Å². The predicted molar refractivity (Wildman–Crippen MR) is 97.5 cm³/mol. The van der Waals surface area contributed by atoms with E-state index in [0.29, 0.717) is 6.07 Å². The summed E-state index contributed by atoms with van der Waals surface area (Å²) < 4.78 is 90.3. The van der Waals surface area contributed by atoms with Gasteiger partial charge in [0.1, 0.15) is 5.69 Å². The Kier molecular flexibility index (Phi) is 5.31. The van der Waals surface area contributed by atoms with Crippen LogP contribution in [0, 0.1) is 0 Å². The van der Waals surface area contributed by atoms with Crippen molar-refractivity contribution >= 4 is 24.2 Å². The first-order chi connectivity index (χ1) is 13.6. The summed E-state index contributed by atoms with van der Waals surface area (Å²) >= 11 is 0. The van der Waals surface area contributed by atoms with Crippen molar-refractivity contribution in [3.05, 3.63) is 41.7 Å². The number of hydrogen-bond acceptors (Lipinski definition) is 5. The van der Waals surface area contributed by atoms with Crippen molar-refractivity contribution in [3.63, 3.8) is 0 Å². The summed E-state index contributed by atoms with van der Waals surface area (Å²) in [5.74, 6) is -0.496. The minimum Gasteiger partial charge on any atom is -0.399 e. The Hall–Kier alpha value is -2.34. The van der Waals surface area contributed by atoms with Gasteiger partial charge < -0.3 is 14.6 Å². The molecule has 2 heterocycles. The van der Waals surface area contributed by atoms with E-state index in [-0.39, 0.29) is 11.2 Å². The molecule has 0 radical (unpaired) electrons. The lowest BCUT2D eigenvalue weighted by atomic mass is 9.78. The number of anilines is 2. The first-order valence-corrected chi connectivity index (χ1v) is 8.84. The van der Waals surface area contributed by atoms with E-state index >= 15 is 0 Å². The van der Waals surface area contributed by atoms with Gasteiger partial charge in [0.2, 0.25) is 5.95 Å². The van der Waals surface area contributed by atoms with Gasteiger partial charge in [-0.15, -0.1) is 0 Å². The average molecular weight is 433 g/mol. The fraction of sp³-hybridized carbons (Fsp3) is 0.444. The molecule has 162 valence electrons. The molecule has 1 aliphatic rings. The van der Waals surface area contributed by atoms with E-state index in [0.717, 1.165) is 18.3 Å². The van der Waals surface area contributed by atoms with E-state index in [1.54, 1.807) is 27.7 Å². The molecule has 1 N–H and O–H groups in total. The van der Waals surface area contributed by atoms with Crippen LogP contribution in [0.4, 0.5) is 38.0 Å². The minimum atomic E-state index is -4.72. The summed E-state index contributed by atoms with van der Waals surface area (Å²) in [6.45, 7) is 6.99. The van der Waals surface area contributed by atoms with Gasteiger partial charge in [-0.05, 0) is 51.4 Å². The number of nitrogens with zero attached hydrogens (tertiary/aromatic N) is 2. The highest BCUT2D eigenvalue weighted by atomic mass is 19.4. The van der Waals surface area contributed by atoms with Gasteiger partial charge >= 0.3 is 19.5 Å². The van der Waals surface area contributed by atoms with Gasteiger partial charge in [0.05, 0.1) is 16.8 Å². The Morgan fingerprint density at radius 1 is 0.900 bits per heavy atom. The number of benzene rings is 1. The summed E-state index contributed by atoms with van der Waals surface area (Å²) in [7, 11) is -1.10. The first kappa shape index (κ1) is 22.4. The molecule has 2 aromatic rings. The highest BCUT2D eigenvalue weighted by molar-refractivity contribution is 6.62. The first-order valence-electron chi connectivity index (χ1n) is 8.84. The topological polar surface area (TPSA) is 56.3 Å². The van der Waals surface area contributed by atoms with Gasteiger partial charge in [0.25, 0.3) is 0 Å². The van der Waals surface area contributed by atoms with Gasteiger partial charge in [0.15, 0.2) is 0 Å². The van der Waals surface area contributed by atoms with E-state index in [9.17, 15) is 26.3 Å². The molecular weight excluding hydrogens is 415 g/mol. The molecule has 1 saturated heterocycles. The van der Waals surface area contributed by atoms with Crippen molar-refractivity contribution in [1.29, 1.82) is 0 Å². The number of rotatable bonds is 3. The second-order valence-corrected chi connectivity index (χ2v) is 7.82. The average Bonchev–Trinajstić information content (AvgIpc) is 2.81. The van der Waals surface area contributed by atoms with Gasteiger partial charge in [-0.2, -0.15) is 26.3 Å². The molecule has 0 atom stereocenters. The summed E-state index contributed by atoms with van der Waals surface area (Å²) in [5.41, 5.74) is -3.93. The van der Waals surface area contributed by atoms with Crippen molar-refractivity contribution in [2.24, 2.45) is 0 Å². The molecule has 0 bridgehead atoms. The van der Waals surface area contributed by atoms with Crippen LogP contribution in [0.15, 0.2) is 30.5 Å². The third-order valence-electron chi connectivity index (χ3n) is 5.01. The smallest absolute Gasteiger partial charge is 0.399 e. The Morgan fingerprint density at radius 2 is 1.50 bits per heavy atom. The number of halogens is 6. The molecule has 1 aromatic heterocycles. The van der Waals surface area contributed by atoms with Crippen LogP contribution in [-0.4, -0.2) is 28.3 Å². The van der Waals surface area contributed by atoms with E-state index in [1.165, 1.54) is 6.07 Å². The largest absolute Gasteiger partial charge is 0.494 e. The summed E-state index contributed by atoms with van der Waals surface area (Å²) in [4.78, 5) is 6.96. The predicted octanol–water partition coefficient (Wildman–Crippen LogP) is 4.56. The van der Waals surface area contributed by atoms with Crippen molar-refractivity contribution in [1.82, 2.24) is 9.97 Å².